The highest BCUT2D eigenvalue weighted by atomic mass is 19.4. The standard InChI is InChI=1S/C9H5F3N4O2/c10-9(11,12)18-7-3-1-6(2-4-7)16-5-13-8(14-16)15-17/h1-5H/p+1. The van der Waals surface area contributed by atoms with E-state index < -0.39 is 6.36 Å². The first-order valence-electron chi connectivity index (χ1n) is 4.64. The lowest BCUT2D eigenvalue weighted by molar-refractivity contribution is -0.656. The summed E-state index contributed by atoms with van der Waals surface area (Å²) in [7, 11) is 0. The van der Waals surface area contributed by atoms with E-state index in [0.717, 1.165) is 12.1 Å². The maximum Gasteiger partial charge on any atom is 0.573 e. The first-order valence-corrected chi connectivity index (χ1v) is 4.64. The molecule has 1 N–H and O–H groups in total. The van der Waals surface area contributed by atoms with Gasteiger partial charge in [-0.15, -0.1) is 22.8 Å². The van der Waals surface area contributed by atoms with Crippen molar-refractivity contribution in [2.45, 2.75) is 6.36 Å². The lowest BCUT2D eigenvalue weighted by Crippen LogP contribution is -2.31. The van der Waals surface area contributed by atoms with Gasteiger partial charge in [0.15, 0.2) is 5.69 Å². The average Bonchev–Trinajstić information content (AvgIpc) is 2.76. The van der Waals surface area contributed by atoms with Crippen LogP contribution in [0, 0.1) is 4.91 Å². The van der Waals surface area contributed by atoms with Crippen molar-refractivity contribution in [1.82, 2.24) is 10.1 Å². The first kappa shape index (κ1) is 12.0. The highest BCUT2D eigenvalue weighted by Gasteiger charge is 2.31. The van der Waals surface area contributed by atoms with Crippen LogP contribution in [0.5, 0.6) is 5.75 Å². The zero-order valence-corrected chi connectivity index (χ0v) is 8.68. The quantitative estimate of drug-likeness (QED) is 0.676. The van der Waals surface area contributed by atoms with Gasteiger partial charge in [0.25, 0.3) is 0 Å². The lowest BCUT2D eigenvalue weighted by atomic mass is 10.3. The Morgan fingerprint density at radius 3 is 2.44 bits per heavy atom. The van der Waals surface area contributed by atoms with Crippen molar-refractivity contribution >= 4 is 5.95 Å². The zero-order chi connectivity index (χ0) is 13.2. The summed E-state index contributed by atoms with van der Waals surface area (Å²) in [6, 6.07) is 5.02. The summed E-state index contributed by atoms with van der Waals surface area (Å²) in [4.78, 5) is 13.8. The van der Waals surface area contributed by atoms with Crippen molar-refractivity contribution in [3.8, 4) is 11.4 Å². The molecular weight excluding hydrogens is 253 g/mol. The number of aromatic nitrogens is 3. The molecule has 1 aromatic heterocycles. The number of ether oxygens (including phenoxy) is 1. The minimum Gasteiger partial charge on any atom is -0.406 e. The van der Waals surface area contributed by atoms with Gasteiger partial charge in [-0.3, -0.25) is 0 Å². The van der Waals surface area contributed by atoms with E-state index in [1.54, 1.807) is 0 Å². The highest BCUT2D eigenvalue weighted by molar-refractivity contribution is 5.31. The van der Waals surface area contributed by atoms with Gasteiger partial charge in [-0.05, 0) is 29.2 Å². The minimum absolute atomic E-state index is 0.134. The number of nitrogens with one attached hydrogen (secondary N) is 1. The molecule has 0 saturated heterocycles. The van der Waals surface area contributed by atoms with Gasteiger partial charge < -0.3 is 4.74 Å². The number of H-pyrrole nitrogens is 1. The number of aromatic amines is 1. The monoisotopic (exact) mass is 259 g/mol. The smallest absolute Gasteiger partial charge is 0.406 e. The Bertz CT molecular complexity index is 550. The second kappa shape index (κ2) is 4.43. The second-order valence-corrected chi connectivity index (χ2v) is 3.18. The molecule has 0 aliphatic carbocycles. The third kappa shape index (κ3) is 2.81. The number of nitrogens with zero attached hydrogens (tertiary/aromatic N) is 3. The van der Waals surface area contributed by atoms with Gasteiger partial charge in [-0.25, -0.2) is 0 Å². The van der Waals surface area contributed by atoms with E-state index in [-0.39, 0.29) is 11.7 Å². The number of nitroso groups, excluding NO2 is 1. The number of hydrogen-bond acceptors (Lipinski definition) is 4. The van der Waals surface area contributed by atoms with Crippen molar-refractivity contribution in [2.24, 2.45) is 5.18 Å². The van der Waals surface area contributed by atoms with Crippen molar-refractivity contribution in [3.63, 3.8) is 0 Å². The Labute approximate surface area is 98.0 Å². The Morgan fingerprint density at radius 2 is 1.94 bits per heavy atom. The van der Waals surface area contributed by atoms with Crippen molar-refractivity contribution in [3.05, 3.63) is 35.5 Å². The van der Waals surface area contributed by atoms with Gasteiger partial charge >= 0.3 is 18.6 Å². The van der Waals surface area contributed by atoms with Crippen LogP contribution in [0.1, 0.15) is 0 Å². The number of hydrogen-bond donors (Lipinski definition) is 1. The topological polar surface area (TPSA) is 71.2 Å². The number of halogens is 3. The lowest BCUT2D eigenvalue weighted by Gasteiger charge is -2.08. The van der Waals surface area contributed by atoms with Crippen LogP contribution in [0.4, 0.5) is 19.1 Å². The van der Waals surface area contributed by atoms with Crippen LogP contribution in [0.15, 0.2) is 35.8 Å². The van der Waals surface area contributed by atoms with Crippen LogP contribution in [-0.2, 0) is 0 Å². The van der Waals surface area contributed by atoms with Gasteiger partial charge in [0.2, 0.25) is 0 Å². The molecular formula is C9H6F3N4O2+. The predicted molar refractivity (Wildman–Crippen MR) is 52.3 cm³/mol. The fraction of sp³-hybridized carbons (Fsp3) is 0.111. The van der Waals surface area contributed by atoms with E-state index in [9.17, 15) is 18.1 Å². The van der Waals surface area contributed by atoms with Crippen LogP contribution < -0.4 is 9.42 Å². The zero-order valence-electron chi connectivity index (χ0n) is 8.68. The maximum atomic E-state index is 11.9. The number of rotatable bonds is 3. The van der Waals surface area contributed by atoms with Crippen LogP contribution in [-0.4, -0.2) is 16.4 Å². The minimum atomic E-state index is -4.72. The molecule has 9 heteroatoms. The predicted octanol–water partition coefficient (Wildman–Crippen LogP) is 1.98. The van der Waals surface area contributed by atoms with E-state index in [1.165, 1.54) is 23.1 Å². The number of benzene rings is 1. The molecule has 0 fully saturated rings. The Balaban J connectivity index is 2.19. The fourth-order valence-corrected chi connectivity index (χ4v) is 1.26. The van der Waals surface area contributed by atoms with E-state index in [0.29, 0.717) is 5.69 Å². The third-order valence-corrected chi connectivity index (χ3v) is 1.95. The van der Waals surface area contributed by atoms with Crippen molar-refractivity contribution < 1.29 is 22.6 Å². The largest absolute Gasteiger partial charge is 0.573 e. The van der Waals surface area contributed by atoms with E-state index >= 15 is 0 Å². The molecule has 0 amide bonds. The molecule has 0 radical (unpaired) electrons. The van der Waals surface area contributed by atoms with E-state index in [2.05, 4.69) is 20.0 Å². The summed E-state index contributed by atoms with van der Waals surface area (Å²) in [5, 5.41) is 5.08. The Hall–Kier alpha value is -2.45. The summed E-state index contributed by atoms with van der Waals surface area (Å²) in [6.07, 6.45) is -3.45. The molecule has 18 heavy (non-hydrogen) atoms. The molecule has 0 aliphatic heterocycles. The van der Waals surface area contributed by atoms with Crippen molar-refractivity contribution in [2.75, 3.05) is 0 Å². The van der Waals surface area contributed by atoms with Gasteiger partial charge in [0.05, 0.1) is 0 Å². The third-order valence-electron chi connectivity index (χ3n) is 1.95. The molecule has 0 aliphatic rings. The van der Waals surface area contributed by atoms with Crippen LogP contribution in [0.25, 0.3) is 5.69 Å². The van der Waals surface area contributed by atoms with Crippen LogP contribution >= 0.6 is 0 Å². The molecule has 1 heterocycles. The first-order chi connectivity index (χ1) is 8.48. The summed E-state index contributed by atoms with van der Waals surface area (Å²) < 4.78 is 40.8. The molecule has 0 bridgehead atoms. The fourth-order valence-electron chi connectivity index (χ4n) is 1.26. The Morgan fingerprint density at radius 1 is 1.28 bits per heavy atom. The van der Waals surface area contributed by atoms with E-state index in [1.807, 2.05) is 0 Å². The molecule has 0 unspecified atom stereocenters. The highest BCUT2D eigenvalue weighted by Crippen LogP contribution is 2.22. The maximum absolute atomic E-state index is 11.9. The molecule has 0 atom stereocenters. The molecule has 0 spiro atoms. The summed E-state index contributed by atoms with van der Waals surface area (Å²) in [5.74, 6) is -0.467. The van der Waals surface area contributed by atoms with Gasteiger partial charge in [0.1, 0.15) is 5.75 Å². The summed E-state index contributed by atoms with van der Waals surface area (Å²) >= 11 is 0. The van der Waals surface area contributed by atoms with E-state index in [4.69, 9.17) is 0 Å². The average molecular weight is 259 g/mol. The molecule has 2 aromatic rings. The molecule has 1 aromatic carbocycles. The summed E-state index contributed by atoms with van der Waals surface area (Å²) in [6.45, 7) is 0. The second-order valence-electron chi connectivity index (χ2n) is 3.18. The van der Waals surface area contributed by atoms with Gasteiger partial charge in [0, 0.05) is 5.18 Å². The summed E-state index contributed by atoms with van der Waals surface area (Å²) in [5.41, 5.74) is 0.479. The molecule has 0 saturated carbocycles. The molecule has 6 nitrogen and oxygen atoms in total. The number of alkyl halides is 3. The van der Waals surface area contributed by atoms with Gasteiger partial charge in [-0.2, -0.15) is 5.10 Å². The SMILES string of the molecule is O=Nc1nc[n+](-c2ccc(OC(F)(F)F)cc2)[nH]1. The Kier molecular flexibility index (Phi) is 2.96. The normalized spacial score (nSPS) is 11.3. The van der Waals surface area contributed by atoms with Crippen molar-refractivity contribution in [1.29, 1.82) is 0 Å². The molecule has 2 rings (SSSR count). The van der Waals surface area contributed by atoms with Gasteiger partial charge in [-0.1, -0.05) is 0 Å². The van der Waals surface area contributed by atoms with Crippen LogP contribution in [0.2, 0.25) is 0 Å². The van der Waals surface area contributed by atoms with Crippen LogP contribution in [0.3, 0.4) is 0 Å². The molecule has 94 valence electrons.